The first-order valence-electron chi connectivity index (χ1n) is 4.13. The molecule has 0 atom stereocenters. The second kappa shape index (κ2) is 5.86. The fourth-order valence-corrected chi connectivity index (χ4v) is 0.992. The van der Waals surface area contributed by atoms with Crippen LogP contribution in [0.2, 0.25) is 0 Å². The average Bonchev–Trinajstić information content (AvgIpc) is 2.19. The normalized spacial score (nSPS) is 9.85. The van der Waals surface area contributed by atoms with Crippen LogP contribution < -0.4 is 0 Å². The monoisotopic (exact) mass is 173 g/mol. The topological polar surface area (TPSA) is 48.8 Å². The first-order valence-corrected chi connectivity index (χ1v) is 4.13. The molecule has 0 fully saturated rings. The van der Waals surface area contributed by atoms with Crippen LogP contribution in [0, 0.1) is 0 Å². The van der Waals surface area contributed by atoms with Crippen LogP contribution in [0.25, 0.3) is 10.4 Å². The minimum absolute atomic E-state index is 0.434. The molecule has 0 bridgehead atoms. The van der Waals surface area contributed by atoms with Crippen LogP contribution in [0.3, 0.4) is 0 Å². The summed E-state index contributed by atoms with van der Waals surface area (Å²) in [4.78, 5) is 2.65. The Morgan fingerprint density at radius 2 is 2.00 bits per heavy atom. The Morgan fingerprint density at radius 1 is 1.23 bits per heavy atom. The molecule has 0 radical (unpaired) electrons. The highest BCUT2D eigenvalue weighted by Gasteiger charge is 1.84. The Morgan fingerprint density at radius 3 is 2.69 bits per heavy atom. The molecule has 3 nitrogen and oxygen atoms in total. The van der Waals surface area contributed by atoms with Gasteiger partial charge in [-0.3, -0.25) is 0 Å². The highest BCUT2D eigenvalue weighted by Crippen LogP contribution is 1.99. The fourth-order valence-electron chi connectivity index (χ4n) is 0.992. The van der Waals surface area contributed by atoms with Crippen LogP contribution in [0.15, 0.2) is 47.6 Å². The summed E-state index contributed by atoms with van der Waals surface area (Å²) in [5, 5.41) is 3.40. The molecule has 0 saturated heterocycles. The van der Waals surface area contributed by atoms with Gasteiger partial charge in [-0.15, -0.1) is 0 Å². The third-order valence-electron chi connectivity index (χ3n) is 1.61. The first-order chi connectivity index (χ1) is 6.43. The quantitative estimate of drug-likeness (QED) is 0.291. The number of benzene rings is 1. The third-order valence-corrected chi connectivity index (χ3v) is 1.61. The zero-order chi connectivity index (χ0) is 9.36. The highest BCUT2D eigenvalue weighted by atomic mass is 15.1. The molecule has 0 N–H and O–H groups in total. The van der Waals surface area contributed by atoms with Crippen molar-refractivity contribution in [2.45, 2.75) is 6.42 Å². The maximum absolute atomic E-state index is 8.01. The molecule has 0 spiro atoms. The van der Waals surface area contributed by atoms with E-state index in [-0.39, 0.29) is 0 Å². The van der Waals surface area contributed by atoms with Gasteiger partial charge < -0.3 is 0 Å². The first kappa shape index (κ1) is 9.36. The second-order valence-corrected chi connectivity index (χ2v) is 2.57. The van der Waals surface area contributed by atoms with E-state index < -0.39 is 0 Å². The van der Waals surface area contributed by atoms with Crippen LogP contribution in [0.1, 0.15) is 5.56 Å². The molecule has 0 aliphatic heterocycles. The van der Waals surface area contributed by atoms with Gasteiger partial charge in [-0.1, -0.05) is 47.6 Å². The predicted octanol–water partition coefficient (Wildman–Crippen LogP) is 3.10. The van der Waals surface area contributed by atoms with Crippen LogP contribution in [-0.2, 0) is 6.42 Å². The number of hydrogen-bond acceptors (Lipinski definition) is 1. The second-order valence-electron chi connectivity index (χ2n) is 2.57. The molecule has 13 heavy (non-hydrogen) atoms. The lowest BCUT2D eigenvalue weighted by Gasteiger charge is -1.92. The van der Waals surface area contributed by atoms with Gasteiger partial charge in [0.05, 0.1) is 0 Å². The summed E-state index contributed by atoms with van der Waals surface area (Å²) in [5.41, 5.74) is 9.27. The number of nitrogens with zero attached hydrogens (tertiary/aromatic N) is 3. The average molecular weight is 173 g/mol. The number of hydrogen-bond donors (Lipinski definition) is 0. The summed E-state index contributed by atoms with van der Waals surface area (Å²) in [6, 6.07) is 10.1. The summed E-state index contributed by atoms with van der Waals surface area (Å²) < 4.78 is 0. The van der Waals surface area contributed by atoms with E-state index in [0.29, 0.717) is 6.54 Å². The zero-order valence-corrected chi connectivity index (χ0v) is 7.30. The summed E-state index contributed by atoms with van der Waals surface area (Å²) in [7, 11) is 0. The minimum Gasteiger partial charge on any atom is -0.0899 e. The molecule has 3 heteroatoms. The third kappa shape index (κ3) is 3.99. The maximum atomic E-state index is 8.01. The van der Waals surface area contributed by atoms with E-state index in [1.54, 1.807) is 0 Å². The predicted molar refractivity (Wildman–Crippen MR) is 53.3 cm³/mol. The summed E-state index contributed by atoms with van der Waals surface area (Å²) in [6.45, 7) is 0.434. The molecule has 66 valence electrons. The molecule has 0 unspecified atom stereocenters. The lowest BCUT2D eigenvalue weighted by atomic mass is 10.1. The molecule has 0 aliphatic rings. The van der Waals surface area contributed by atoms with Crippen molar-refractivity contribution in [1.82, 2.24) is 0 Å². The molecule has 1 aromatic rings. The molecule has 0 aromatic heterocycles. The van der Waals surface area contributed by atoms with Crippen LogP contribution in [0.4, 0.5) is 0 Å². The molecule has 1 aromatic carbocycles. The molecular weight excluding hydrogens is 162 g/mol. The fraction of sp³-hybridized carbons (Fsp3) is 0.200. The Kier molecular flexibility index (Phi) is 4.22. The lowest BCUT2D eigenvalue weighted by Crippen LogP contribution is -1.78. The van der Waals surface area contributed by atoms with Gasteiger partial charge in [0.15, 0.2) is 0 Å². The number of allylic oxidation sites excluding steroid dienone is 1. The van der Waals surface area contributed by atoms with Crippen LogP contribution in [-0.4, -0.2) is 6.54 Å². The number of azide groups is 1. The van der Waals surface area contributed by atoms with Gasteiger partial charge in [-0.25, -0.2) is 0 Å². The van der Waals surface area contributed by atoms with Crippen LogP contribution >= 0.6 is 0 Å². The summed E-state index contributed by atoms with van der Waals surface area (Å²) in [6.07, 6.45) is 4.76. The highest BCUT2D eigenvalue weighted by molar-refractivity contribution is 5.17. The van der Waals surface area contributed by atoms with Crippen molar-refractivity contribution in [2.24, 2.45) is 5.11 Å². The van der Waals surface area contributed by atoms with Gasteiger partial charge >= 0.3 is 0 Å². The zero-order valence-electron chi connectivity index (χ0n) is 7.30. The van der Waals surface area contributed by atoms with Crippen molar-refractivity contribution < 1.29 is 0 Å². The van der Waals surface area contributed by atoms with E-state index in [1.807, 2.05) is 30.4 Å². The SMILES string of the molecule is [N-]=[N+]=NCC=CCc1ccccc1. The van der Waals surface area contributed by atoms with Gasteiger partial charge in [0.2, 0.25) is 0 Å². The van der Waals surface area contributed by atoms with Crippen molar-refractivity contribution >= 4 is 0 Å². The summed E-state index contributed by atoms with van der Waals surface area (Å²) >= 11 is 0. The van der Waals surface area contributed by atoms with Gasteiger partial charge in [0.25, 0.3) is 0 Å². The Bertz CT molecular complexity index is 310. The van der Waals surface area contributed by atoms with E-state index in [9.17, 15) is 0 Å². The van der Waals surface area contributed by atoms with E-state index in [1.165, 1.54) is 5.56 Å². The molecular formula is C10H11N3. The van der Waals surface area contributed by atoms with Crippen molar-refractivity contribution in [1.29, 1.82) is 0 Å². The Balaban J connectivity index is 2.35. The van der Waals surface area contributed by atoms with E-state index >= 15 is 0 Å². The Labute approximate surface area is 77.3 Å². The van der Waals surface area contributed by atoms with E-state index in [0.717, 1.165) is 6.42 Å². The van der Waals surface area contributed by atoms with Crippen molar-refractivity contribution in [3.63, 3.8) is 0 Å². The summed E-state index contributed by atoms with van der Waals surface area (Å²) in [5.74, 6) is 0. The molecule has 0 aliphatic carbocycles. The van der Waals surface area contributed by atoms with Gasteiger partial charge in [-0.05, 0) is 17.5 Å². The standard InChI is InChI=1S/C10H11N3/c11-13-12-9-5-4-8-10-6-2-1-3-7-10/h1-7H,8-9H2. The van der Waals surface area contributed by atoms with Crippen molar-refractivity contribution in [3.05, 3.63) is 58.5 Å². The van der Waals surface area contributed by atoms with Gasteiger partial charge in [-0.2, -0.15) is 0 Å². The molecule has 0 amide bonds. The Hall–Kier alpha value is -1.73. The molecule has 1 rings (SSSR count). The van der Waals surface area contributed by atoms with Crippen molar-refractivity contribution in [3.8, 4) is 0 Å². The van der Waals surface area contributed by atoms with E-state index in [4.69, 9.17) is 5.53 Å². The maximum Gasteiger partial charge on any atom is 0.0440 e. The van der Waals surface area contributed by atoms with Gasteiger partial charge in [0, 0.05) is 11.5 Å². The number of rotatable bonds is 4. The molecule has 0 saturated carbocycles. The minimum atomic E-state index is 0.434. The van der Waals surface area contributed by atoms with Crippen molar-refractivity contribution in [2.75, 3.05) is 6.54 Å². The van der Waals surface area contributed by atoms with Gasteiger partial charge in [0.1, 0.15) is 0 Å². The van der Waals surface area contributed by atoms with E-state index in [2.05, 4.69) is 22.2 Å². The molecule has 0 heterocycles. The smallest absolute Gasteiger partial charge is 0.0440 e. The largest absolute Gasteiger partial charge is 0.0899 e. The van der Waals surface area contributed by atoms with Crippen LogP contribution in [0.5, 0.6) is 0 Å². The lowest BCUT2D eigenvalue weighted by molar-refractivity contribution is 1.18.